The molecule has 0 unspecified atom stereocenters. The zero-order chi connectivity index (χ0) is 26.1. The highest BCUT2D eigenvalue weighted by Gasteiger charge is 2.37. The van der Waals surface area contributed by atoms with Gasteiger partial charge in [0, 0.05) is 17.4 Å². The van der Waals surface area contributed by atoms with Crippen molar-refractivity contribution in [1.29, 1.82) is 0 Å². The highest BCUT2D eigenvalue weighted by Crippen LogP contribution is 2.31. The molecule has 0 atom stereocenters. The molecule has 0 aliphatic heterocycles. The lowest BCUT2D eigenvalue weighted by atomic mass is 9.87. The van der Waals surface area contributed by atoms with Crippen LogP contribution < -0.4 is 14.8 Å². The zero-order valence-corrected chi connectivity index (χ0v) is 21.2. The summed E-state index contributed by atoms with van der Waals surface area (Å²) in [5, 5.41) is 2.32. The van der Waals surface area contributed by atoms with Crippen molar-refractivity contribution in [2.24, 2.45) is 0 Å². The smallest absolute Gasteiger partial charge is 0.237 e. The zero-order valence-electron chi connectivity index (χ0n) is 20.4. The van der Waals surface area contributed by atoms with Crippen molar-refractivity contribution in [3.63, 3.8) is 0 Å². The van der Waals surface area contributed by atoms with Gasteiger partial charge in [0.2, 0.25) is 27.8 Å². The number of benzene rings is 1. The standard InChI is InChI=1S/C24H27FN6O4S/c1-5-35-21-13-26-12-19(28-21)16-10-14(2)18(11-17(16)25)29-22(32)24(3,4)20-8-9-27-23(30-20)31-36(33,34)15-6-7-15/h8-13,15H,5-7H2,1-4H3,(H,29,32)(H,27,30,31). The highest BCUT2D eigenvalue weighted by atomic mass is 32.2. The SMILES string of the molecule is CCOc1cncc(-c2cc(C)c(NC(=O)C(C)(C)c3ccnc(NS(=O)(=O)C4CC4)n3)cc2F)n1. The fourth-order valence-electron chi connectivity index (χ4n) is 3.45. The average Bonchev–Trinajstić information content (AvgIpc) is 3.68. The number of aromatic nitrogens is 4. The number of carbonyl (C=O) groups excluding carboxylic acids is 1. The number of amides is 1. The van der Waals surface area contributed by atoms with Crippen LogP contribution in [0.5, 0.6) is 5.88 Å². The van der Waals surface area contributed by atoms with Crippen molar-refractivity contribution >= 4 is 27.6 Å². The summed E-state index contributed by atoms with van der Waals surface area (Å²) in [6.07, 6.45) is 5.47. The van der Waals surface area contributed by atoms with Crippen LogP contribution in [0.25, 0.3) is 11.3 Å². The number of hydrogen-bond donors (Lipinski definition) is 2. The van der Waals surface area contributed by atoms with Crippen LogP contribution in [0, 0.1) is 12.7 Å². The van der Waals surface area contributed by atoms with E-state index in [0.29, 0.717) is 36.4 Å². The first-order chi connectivity index (χ1) is 17.0. The van der Waals surface area contributed by atoms with Crippen molar-refractivity contribution in [3.05, 3.63) is 53.9 Å². The van der Waals surface area contributed by atoms with Crippen molar-refractivity contribution in [2.75, 3.05) is 16.6 Å². The van der Waals surface area contributed by atoms with Gasteiger partial charge in [-0.1, -0.05) is 0 Å². The number of rotatable bonds is 9. The lowest BCUT2D eigenvalue weighted by Crippen LogP contribution is -2.36. The Morgan fingerprint density at radius 1 is 1.22 bits per heavy atom. The summed E-state index contributed by atoms with van der Waals surface area (Å²) >= 11 is 0. The number of anilines is 2. The Labute approximate surface area is 208 Å². The second-order valence-electron chi connectivity index (χ2n) is 9.01. The molecule has 1 aliphatic carbocycles. The van der Waals surface area contributed by atoms with Crippen molar-refractivity contribution in [1.82, 2.24) is 19.9 Å². The normalized spacial score (nSPS) is 13.8. The van der Waals surface area contributed by atoms with Gasteiger partial charge in [-0.3, -0.25) is 14.5 Å². The first-order valence-corrected chi connectivity index (χ1v) is 13.0. The van der Waals surface area contributed by atoms with Crippen LogP contribution in [0.2, 0.25) is 0 Å². The van der Waals surface area contributed by atoms with Crippen molar-refractivity contribution in [2.45, 2.75) is 51.2 Å². The molecule has 36 heavy (non-hydrogen) atoms. The molecule has 0 radical (unpaired) electrons. The van der Waals surface area contributed by atoms with E-state index in [-0.39, 0.29) is 23.1 Å². The van der Waals surface area contributed by atoms with E-state index in [1.807, 2.05) is 6.92 Å². The van der Waals surface area contributed by atoms with E-state index in [0.717, 1.165) is 0 Å². The van der Waals surface area contributed by atoms with Gasteiger partial charge in [-0.25, -0.2) is 27.8 Å². The van der Waals surface area contributed by atoms with E-state index in [1.165, 1.54) is 30.7 Å². The number of carbonyl (C=O) groups is 1. The lowest BCUT2D eigenvalue weighted by Gasteiger charge is -2.24. The molecule has 3 aromatic rings. The van der Waals surface area contributed by atoms with E-state index in [2.05, 4.69) is 30.0 Å². The van der Waals surface area contributed by atoms with E-state index in [1.54, 1.807) is 26.8 Å². The largest absolute Gasteiger partial charge is 0.477 e. The van der Waals surface area contributed by atoms with Gasteiger partial charge in [0.1, 0.15) is 5.82 Å². The average molecular weight is 515 g/mol. The Bertz CT molecular complexity index is 1410. The molecule has 0 saturated heterocycles. The fourth-order valence-corrected chi connectivity index (χ4v) is 4.72. The third kappa shape index (κ3) is 5.43. The molecule has 2 heterocycles. The topological polar surface area (TPSA) is 136 Å². The van der Waals surface area contributed by atoms with Crippen LogP contribution in [-0.4, -0.2) is 46.1 Å². The van der Waals surface area contributed by atoms with E-state index in [9.17, 15) is 13.2 Å². The predicted molar refractivity (Wildman–Crippen MR) is 133 cm³/mol. The molecule has 1 saturated carbocycles. The quantitative estimate of drug-likeness (QED) is 0.442. The second kappa shape index (κ2) is 9.76. The van der Waals surface area contributed by atoms with Gasteiger partial charge in [-0.15, -0.1) is 0 Å². The van der Waals surface area contributed by atoms with E-state index < -0.39 is 32.4 Å². The summed E-state index contributed by atoms with van der Waals surface area (Å²) in [4.78, 5) is 29.8. The third-order valence-electron chi connectivity index (χ3n) is 5.80. The first kappa shape index (κ1) is 25.4. The monoisotopic (exact) mass is 514 g/mol. The number of nitrogens with one attached hydrogen (secondary N) is 2. The second-order valence-corrected chi connectivity index (χ2v) is 11.0. The molecular formula is C24H27FN6O4S. The Morgan fingerprint density at radius 3 is 2.67 bits per heavy atom. The minimum Gasteiger partial charge on any atom is -0.477 e. The summed E-state index contributed by atoms with van der Waals surface area (Å²) in [5.74, 6) is -0.849. The molecule has 0 spiro atoms. The molecule has 1 fully saturated rings. The fraction of sp³-hybridized carbons (Fsp3) is 0.375. The number of ether oxygens (including phenoxy) is 1. The molecule has 1 aromatic carbocycles. The van der Waals surface area contributed by atoms with Gasteiger partial charge in [-0.2, -0.15) is 0 Å². The first-order valence-electron chi connectivity index (χ1n) is 11.4. The minimum absolute atomic E-state index is 0.0951. The van der Waals surface area contributed by atoms with Gasteiger partial charge in [-0.05, 0) is 64.3 Å². The summed E-state index contributed by atoms with van der Waals surface area (Å²) in [5.41, 5.74) is 0.554. The maximum atomic E-state index is 15.0. The Balaban J connectivity index is 1.55. The van der Waals surface area contributed by atoms with E-state index in [4.69, 9.17) is 4.74 Å². The van der Waals surface area contributed by atoms with Crippen LogP contribution in [0.3, 0.4) is 0 Å². The molecule has 1 amide bonds. The van der Waals surface area contributed by atoms with Gasteiger partial charge in [0.05, 0.1) is 41.1 Å². The van der Waals surface area contributed by atoms with Crippen LogP contribution >= 0.6 is 0 Å². The number of aryl methyl sites for hydroxylation is 1. The number of hydrogen-bond acceptors (Lipinski definition) is 8. The highest BCUT2D eigenvalue weighted by molar-refractivity contribution is 7.93. The van der Waals surface area contributed by atoms with Gasteiger partial charge >= 0.3 is 0 Å². The predicted octanol–water partition coefficient (Wildman–Crippen LogP) is 3.60. The Kier molecular flexibility index (Phi) is 6.90. The summed E-state index contributed by atoms with van der Waals surface area (Å²) in [6.45, 7) is 7.23. The van der Waals surface area contributed by atoms with Gasteiger partial charge in [0.25, 0.3) is 0 Å². The third-order valence-corrected chi connectivity index (χ3v) is 7.62. The summed E-state index contributed by atoms with van der Waals surface area (Å²) in [7, 11) is -3.55. The Morgan fingerprint density at radius 2 is 1.97 bits per heavy atom. The van der Waals surface area contributed by atoms with Gasteiger partial charge < -0.3 is 10.1 Å². The van der Waals surface area contributed by atoms with Crippen molar-refractivity contribution in [3.8, 4) is 17.1 Å². The maximum Gasteiger partial charge on any atom is 0.237 e. The molecule has 4 rings (SSSR count). The molecule has 2 N–H and O–H groups in total. The summed E-state index contributed by atoms with van der Waals surface area (Å²) < 4.78 is 47.2. The van der Waals surface area contributed by atoms with Gasteiger partial charge in [0.15, 0.2) is 0 Å². The molecule has 0 bridgehead atoms. The molecule has 10 nitrogen and oxygen atoms in total. The van der Waals surface area contributed by atoms with E-state index >= 15 is 4.39 Å². The van der Waals surface area contributed by atoms with Crippen LogP contribution in [0.4, 0.5) is 16.0 Å². The van der Waals surface area contributed by atoms with Crippen molar-refractivity contribution < 1.29 is 22.3 Å². The molecular weight excluding hydrogens is 487 g/mol. The summed E-state index contributed by atoms with van der Waals surface area (Å²) in [6, 6.07) is 4.34. The lowest BCUT2D eigenvalue weighted by molar-refractivity contribution is -0.120. The number of halogens is 1. The molecule has 12 heteroatoms. The molecule has 2 aromatic heterocycles. The number of nitrogens with zero attached hydrogens (tertiary/aromatic N) is 4. The number of sulfonamides is 1. The minimum atomic E-state index is -3.55. The maximum absolute atomic E-state index is 15.0. The van der Waals surface area contributed by atoms with Crippen LogP contribution in [-0.2, 0) is 20.2 Å². The van der Waals surface area contributed by atoms with Crippen LogP contribution in [0.1, 0.15) is 44.9 Å². The Hall–Kier alpha value is -3.67. The molecule has 190 valence electrons. The molecule has 1 aliphatic rings. The van der Waals surface area contributed by atoms with Crippen LogP contribution in [0.15, 0.2) is 36.8 Å².